The van der Waals surface area contributed by atoms with Gasteiger partial charge in [-0.25, -0.2) is 0 Å². The van der Waals surface area contributed by atoms with Gasteiger partial charge in [-0.05, 0) is 26.0 Å². The van der Waals surface area contributed by atoms with Crippen LogP contribution < -0.4 is 5.32 Å². The third-order valence-corrected chi connectivity index (χ3v) is 3.41. The fourth-order valence-corrected chi connectivity index (χ4v) is 2.25. The number of aryl methyl sites for hydroxylation is 1. The number of hydrogen-bond donors (Lipinski definition) is 1. The molecule has 0 aliphatic carbocycles. The quantitative estimate of drug-likeness (QED) is 0.860. The molecule has 1 fully saturated rings. The summed E-state index contributed by atoms with van der Waals surface area (Å²) in [4.78, 5) is 2.36. The molecule has 1 N–H and O–H groups in total. The Morgan fingerprint density at radius 2 is 2.11 bits per heavy atom. The zero-order valence-corrected chi connectivity index (χ0v) is 11.5. The van der Waals surface area contributed by atoms with E-state index >= 15 is 0 Å². The number of benzene rings is 1. The molecule has 0 amide bonds. The van der Waals surface area contributed by atoms with E-state index < -0.39 is 0 Å². The zero-order valence-electron chi connectivity index (χ0n) is 11.5. The Hall–Kier alpha value is -0.900. The van der Waals surface area contributed by atoms with E-state index in [9.17, 15) is 0 Å². The van der Waals surface area contributed by atoms with E-state index in [0.717, 1.165) is 39.2 Å². The highest BCUT2D eigenvalue weighted by Gasteiger charge is 2.13. The number of nitrogens with one attached hydrogen (secondary N) is 1. The number of ether oxygens (including phenoxy) is 1. The molecule has 2 rings (SSSR count). The number of morpholine rings is 1. The molecule has 3 heteroatoms. The first-order chi connectivity index (χ1) is 8.74. The Kier molecular flexibility index (Phi) is 5.17. The van der Waals surface area contributed by atoms with Gasteiger partial charge < -0.3 is 15.0 Å². The maximum absolute atomic E-state index is 5.71. The highest BCUT2D eigenvalue weighted by Crippen LogP contribution is 2.08. The van der Waals surface area contributed by atoms with Crippen LogP contribution in [-0.4, -0.2) is 44.3 Å². The van der Waals surface area contributed by atoms with E-state index in [1.54, 1.807) is 0 Å². The predicted octanol–water partition coefficient (Wildman–Crippen LogP) is 1.81. The van der Waals surface area contributed by atoms with Crippen molar-refractivity contribution in [1.82, 2.24) is 10.2 Å². The summed E-state index contributed by atoms with van der Waals surface area (Å²) in [5.41, 5.74) is 2.70. The minimum atomic E-state index is 0.388. The fourth-order valence-electron chi connectivity index (χ4n) is 2.25. The second-order valence-corrected chi connectivity index (χ2v) is 5.21. The summed E-state index contributed by atoms with van der Waals surface area (Å²) in [6.07, 6.45) is 1.49. The second-order valence-electron chi connectivity index (χ2n) is 5.21. The minimum absolute atomic E-state index is 0.388. The van der Waals surface area contributed by atoms with Crippen LogP contribution in [0.1, 0.15) is 17.5 Å². The van der Waals surface area contributed by atoms with Crippen LogP contribution in [0.25, 0.3) is 0 Å². The topological polar surface area (TPSA) is 24.5 Å². The van der Waals surface area contributed by atoms with Crippen molar-refractivity contribution in [2.75, 3.05) is 33.3 Å². The summed E-state index contributed by atoms with van der Waals surface area (Å²) in [6.45, 7) is 7.07. The molecule has 1 atom stereocenters. The maximum atomic E-state index is 5.71. The van der Waals surface area contributed by atoms with Gasteiger partial charge in [-0.3, -0.25) is 0 Å². The van der Waals surface area contributed by atoms with Gasteiger partial charge in [-0.2, -0.15) is 0 Å². The first-order valence-electron chi connectivity index (χ1n) is 6.80. The van der Waals surface area contributed by atoms with Crippen LogP contribution in [0.2, 0.25) is 0 Å². The van der Waals surface area contributed by atoms with Crippen LogP contribution in [0.3, 0.4) is 0 Å². The summed E-state index contributed by atoms with van der Waals surface area (Å²) in [5.74, 6) is 0. The van der Waals surface area contributed by atoms with E-state index in [2.05, 4.69) is 48.5 Å². The fraction of sp³-hybridized carbons (Fsp3) is 0.600. The molecule has 0 saturated carbocycles. The second kappa shape index (κ2) is 6.88. The highest BCUT2D eigenvalue weighted by atomic mass is 16.5. The van der Waals surface area contributed by atoms with Crippen molar-refractivity contribution in [3.8, 4) is 0 Å². The smallest absolute Gasteiger partial charge is 0.0712 e. The van der Waals surface area contributed by atoms with Crippen molar-refractivity contribution in [3.63, 3.8) is 0 Å². The van der Waals surface area contributed by atoms with Gasteiger partial charge in [-0.1, -0.05) is 29.8 Å². The highest BCUT2D eigenvalue weighted by molar-refractivity contribution is 5.21. The molecule has 1 aliphatic heterocycles. The van der Waals surface area contributed by atoms with Crippen molar-refractivity contribution in [2.45, 2.75) is 26.0 Å². The molecule has 0 spiro atoms. The molecule has 18 heavy (non-hydrogen) atoms. The number of rotatable bonds is 5. The average molecular weight is 248 g/mol. The average Bonchev–Trinajstić information content (AvgIpc) is 2.40. The van der Waals surface area contributed by atoms with Crippen molar-refractivity contribution in [3.05, 3.63) is 35.4 Å². The van der Waals surface area contributed by atoms with Gasteiger partial charge >= 0.3 is 0 Å². The van der Waals surface area contributed by atoms with Crippen LogP contribution in [0.4, 0.5) is 0 Å². The number of nitrogens with zero attached hydrogens (tertiary/aromatic N) is 1. The molecule has 1 heterocycles. The predicted molar refractivity (Wildman–Crippen MR) is 74.7 cm³/mol. The Morgan fingerprint density at radius 1 is 1.33 bits per heavy atom. The third kappa shape index (κ3) is 4.41. The zero-order chi connectivity index (χ0) is 12.8. The van der Waals surface area contributed by atoms with E-state index in [-0.39, 0.29) is 0 Å². The van der Waals surface area contributed by atoms with Crippen LogP contribution in [0.5, 0.6) is 0 Å². The molecule has 0 radical (unpaired) electrons. The van der Waals surface area contributed by atoms with Crippen LogP contribution >= 0.6 is 0 Å². The Labute approximate surface area is 110 Å². The summed E-state index contributed by atoms with van der Waals surface area (Å²) >= 11 is 0. The van der Waals surface area contributed by atoms with Crippen molar-refractivity contribution >= 4 is 0 Å². The largest absolute Gasteiger partial charge is 0.376 e. The van der Waals surface area contributed by atoms with Gasteiger partial charge in [0.15, 0.2) is 0 Å². The van der Waals surface area contributed by atoms with Crippen molar-refractivity contribution in [1.29, 1.82) is 0 Å². The monoisotopic (exact) mass is 248 g/mol. The number of hydrogen-bond acceptors (Lipinski definition) is 3. The van der Waals surface area contributed by atoms with Crippen LogP contribution in [0, 0.1) is 6.92 Å². The van der Waals surface area contributed by atoms with Crippen LogP contribution in [-0.2, 0) is 11.3 Å². The molecule has 0 bridgehead atoms. The maximum Gasteiger partial charge on any atom is 0.0712 e. The van der Waals surface area contributed by atoms with Gasteiger partial charge in [0, 0.05) is 26.2 Å². The summed E-state index contributed by atoms with van der Waals surface area (Å²) in [7, 11) is 2.18. The molecule has 1 unspecified atom stereocenters. The van der Waals surface area contributed by atoms with E-state index in [4.69, 9.17) is 4.74 Å². The molecule has 0 aromatic heterocycles. The summed E-state index contributed by atoms with van der Waals surface area (Å²) < 4.78 is 5.71. The Bertz CT molecular complexity index is 344. The normalized spacial score (nSPS) is 20.3. The molecule has 1 aromatic rings. The lowest BCUT2D eigenvalue weighted by Gasteiger charge is -2.26. The summed E-state index contributed by atoms with van der Waals surface area (Å²) in [5, 5.41) is 3.37. The van der Waals surface area contributed by atoms with Gasteiger partial charge in [0.25, 0.3) is 0 Å². The Balaban J connectivity index is 1.71. The van der Waals surface area contributed by atoms with Crippen molar-refractivity contribution in [2.24, 2.45) is 0 Å². The lowest BCUT2D eigenvalue weighted by Crippen LogP contribution is -2.40. The van der Waals surface area contributed by atoms with Gasteiger partial charge in [0.05, 0.1) is 12.7 Å². The van der Waals surface area contributed by atoms with Gasteiger partial charge in [0.1, 0.15) is 0 Å². The lowest BCUT2D eigenvalue weighted by atomic mass is 10.1. The third-order valence-electron chi connectivity index (χ3n) is 3.41. The summed E-state index contributed by atoms with van der Waals surface area (Å²) in [6, 6.07) is 8.78. The van der Waals surface area contributed by atoms with Gasteiger partial charge in [-0.15, -0.1) is 0 Å². The SMILES string of the molecule is Cc1ccc(CN(C)CCC2CNCCO2)cc1. The van der Waals surface area contributed by atoms with E-state index in [1.165, 1.54) is 11.1 Å². The Morgan fingerprint density at radius 3 is 2.78 bits per heavy atom. The van der Waals surface area contributed by atoms with Crippen LogP contribution in [0.15, 0.2) is 24.3 Å². The molecular weight excluding hydrogens is 224 g/mol. The molecular formula is C15H24N2O. The molecule has 1 aliphatic rings. The van der Waals surface area contributed by atoms with E-state index in [1.807, 2.05) is 0 Å². The van der Waals surface area contributed by atoms with Crippen molar-refractivity contribution < 1.29 is 4.74 Å². The van der Waals surface area contributed by atoms with Gasteiger partial charge in [0.2, 0.25) is 0 Å². The molecule has 1 saturated heterocycles. The first-order valence-corrected chi connectivity index (χ1v) is 6.80. The standard InChI is InChI=1S/C15H24N2O/c1-13-3-5-14(6-4-13)12-17(2)9-7-15-11-16-8-10-18-15/h3-6,15-16H,7-12H2,1-2H3. The molecule has 1 aromatic carbocycles. The molecule has 3 nitrogen and oxygen atoms in total. The molecule has 100 valence electrons. The minimum Gasteiger partial charge on any atom is -0.376 e. The first kappa shape index (κ1) is 13.5. The lowest BCUT2D eigenvalue weighted by molar-refractivity contribution is 0.0184. The van der Waals surface area contributed by atoms with E-state index in [0.29, 0.717) is 6.10 Å².